The quantitative estimate of drug-likeness (QED) is 0.579. The van der Waals surface area contributed by atoms with Gasteiger partial charge in [-0.3, -0.25) is 4.90 Å². The van der Waals surface area contributed by atoms with Crippen LogP contribution in [0.5, 0.6) is 5.75 Å². The third kappa shape index (κ3) is 4.69. The van der Waals surface area contributed by atoms with E-state index in [9.17, 15) is 0 Å². The molecule has 28 heavy (non-hydrogen) atoms. The molecule has 4 rings (SSSR count). The number of ether oxygens (including phenoxy) is 1. The zero-order valence-electron chi connectivity index (χ0n) is 16.3. The summed E-state index contributed by atoms with van der Waals surface area (Å²) in [5.41, 5.74) is 2.69. The fourth-order valence-corrected chi connectivity index (χ4v) is 4.45. The molecule has 2 atom stereocenters. The lowest BCUT2D eigenvalue weighted by molar-refractivity contribution is 0.233. The molecule has 0 unspecified atom stereocenters. The molecule has 0 spiro atoms. The monoisotopic (exact) mass is 392 g/mol. The van der Waals surface area contributed by atoms with Crippen LogP contribution in [0.2, 0.25) is 0 Å². The molecule has 1 fully saturated rings. The Hall–Kier alpha value is -2.01. The summed E-state index contributed by atoms with van der Waals surface area (Å²) in [4.78, 5) is 2.55. The van der Waals surface area contributed by atoms with Gasteiger partial charge in [-0.25, -0.2) is 0 Å². The van der Waals surface area contributed by atoms with E-state index < -0.39 is 0 Å². The van der Waals surface area contributed by atoms with Gasteiger partial charge < -0.3 is 10.1 Å². The second-order valence-corrected chi connectivity index (χ2v) is 8.38. The zero-order valence-corrected chi connectivity index (χ0v) is 17.2. The molecule has 1 aliphatic heterocycles. The smallest absolute Gasteiger partial charge is 0.118 e. The van der Waals surface area contributed by atoms with Crippen LogP contribution in [-0.2, 0) is 13.1 Å². The Kier molecular flexibility index (Phi) is 6.20. The van der Waals surface area contributed by atoms with E-state index in [4.69, 9.17) is 4.74 Å². The van der Waals surface area contributed by atoms with Gasteiger partial charge in [0.15, 0.2) is 0 Å². The molecule has 3 aromatic rings. The van der Waals surface area contributed by atoms with Gasteiger partial charge in [-0.05, 0) is 40.5 Å². The SMILES string of the molecule is COc1ccc(CN(Cc2cccc3ccccc23)C[C@@H]2C[C@H](S)CN2)cc1. The number of nitrogens with one attached hydrogen (secondary N) is 1. The first kappa shape index (κ1) is 19.3. The van der Waals surface area contributed by atoms with Gasteiger partial charge in [0.05, 0.1) is 7.11 Å². The minimum atomic E-state index is 0.463. The number of rotatable bonds is 7. The van der Waals surface area contributed by atoms with Gasteiger partial charge >= 0.3 is 0 Å². The molecule has 0 aromatic heterocycles. The molecule has 1 N–H and O–H groups in total. The summed E-state index contributed by atoms with van der Waals surface area (Å²) in [6.45, 7) is 3.87. The molecule has 1 saturated heterocycles. The van der Waals surface area contributed by atoms with Crippen LogP contribution in [-0.4, -0.2) is 36.4 Å². The van der Waals surface area contributed by atoms with Crippen molar-refractivity contribution in [3.8, 4) is 5.75 Å². The molecule has 0 bridgehead atoms. The Balaban J connectivity index is 1.56. The van der Waals surface area contributed by atoms with E-state index >= 15 is 0 Å². The Morgan fingerprint density at radius 3 is 2.54 bits per heavy atom. The van der Waals surface area contributed by atoms with Crippen molar-refractivity contribution in [1.82, 2.24) is 10.2 Å². The first-order valence-electron chi connectivity index (χ1n) is 9.94. The normalized spacial score (nSPS) is 19.4. The van der Waals surface area contributed by atoms with Crippen molar-refractivity contribution < 1.29 is 4.74 Å². The van der Waals surface area contributed by atoms with Crippen molar-refractivity contribution in [1.29, 1.82) is 0 Å². The summed E-state index contributed by atoms with van der Waals surface area (Å²) in [5.74, 6) is 0.903. The van der Waals surface area contributed by atoms with Gasteiger partial charge in [-0.2, -0.15) is 12.6 Å². The van der Waals surface area contributed by atoms with E-state index in [0.29, 0.717) is 11.3 Å². The average Bonchev–Trinajstić information content (AvgIpc) is 3.13. The third-order valence-corrected chi connectivity index (χ3v) is 5.91. The number of fused-ring (bicyclic) bond motifs is 1. The Labute approximate surface area is 173 Å². The number of thiol groups is 1. The lowest BCUT2D eigenvalue weighted by Gasteiger charge is -2.26. The highest BCUT2D eigenvalue weighted by Gasteiger charge is 2.23. The first-order chi connectivity index (χ1) is 13.7. The molecule has 1 heterocycles. The predicted molar refractivity (Wildman–Crippen MR) is 120 cm³/mol. The van der Waals surface area contributed by atoms with Crippen LogP contribution >= 0.6 is 12.6 Å². The lowest BCUT2D eigenvalue weighted by atomic mass is 10.0. The number of hydrogen-bond acceptors (Lipinski definition) is 4. The van der Waals surface area contributed by atoms with Crippen molar-refractivity contribution in [3.05, 3.63) is 77.9 Å². The van der Waals surface area contributed by atoms with Gasteiger partial charge in [0, 0.05) is 37.5 Å². The summed E-state index contributed by atoms with van der Waals surface area (Å²) in [5, 5.41) is 6.74. The molecule has 0 radical (unpaired) electrons. The van der Waals surface area contributed by atoms with Crippen LogP contribution in [0.4, 0.5) is 0 Å². The highest BCUT2D eigenvalue weighted by Crippen LogP contribution is 2.23. The number of hydrogen-bond donors (Lipinski definition) is 2. The third-order valence-electron chi connectivity index (χ3n) is 5.52. The fraction of sp³-hybridized carbons (Fsp3) is 0.333. The standard InChI is InChI=1S/C24H28N2OS/c1-27-22-11-9-18(10-12-22)15-26(17-21-13-23(28)14-25-21)16-20-7-4-6-19-5-2-3-8-24(19)20/h2-12,21,23,25,28H,13-17H2,1H3/t21-,23-/m0/s1. The predicted octanol–water partition coefficient (Wildman–Crippen LogP) is 4.51. The van der Waals surface area contributed by atoms with Gasteiger partial charge in [0.2, 0.25) is 0 Å². The first-order valence-corrected chi connectivity index (χ1v) is 10.5. The van der Waals surface area contributed by atoms with Crippen LogP contribution in [0.1, 0.15) is 17.5 Å². The van der Waals surface area contributed by atoms with Gasteiger partial charge in [-0.15, -0.1) is 0 Å². The molecule has 3 nitrogen and oxygen atoms in total. The number of nitrogens with zero attached hydrogens (tertiary/aromatic N) is 1. The van der Waals surface area contributed by atoms with Crippen LogP contribution in [0, 0.1) is 0 Å². The topological polar surface area (TPSA) is 24.5 Å². The van der Waals surface area contributed by atoms with Crippen LogP contribution in [0.25, 0.3) is 10.8 Å². The van der Waals surface area contributed by atoms with Crippen molar-refractivity contribution in [2.24, 2.45) is 0 Å². The van der Waals surface area contributed by atoms with E-state index in [0.717, 1.165) is 38.3 Å². The van der Waals surface area contributed by atoms with E-state index in [1.807, 2.05) is 12.1 Å². The maximum absolute atomic E-state index is 5.31. The van der Waals surface area contributed by atoms with Crippen molar-refractivity contribution in [3.63, 3.8) is 0 Å². The Morgan fingerprint density at radius 1 is 1.00 bits per heavy atom. The maximum atomic E-state index is 5.31. The maximum Gasteiger partial charge on any atom is 0.118 e. The molecule has 4 heteroatoms. The summed E-state index contributed by atoms with van der Waals surface area (Å²) in [6, 6.07) is 24.2. The average molecular weight is 393 g/mol. The largest absolute Gasteiger partial charge is 0.497 e. The minimum absolute atomic E-state index is 0.463. The molecule has 0 aliphatic carbocycles. The second kappa shape index (κ2) is 8.99. The molecule has 3 aromatic carbocycles. The molecular formula is C24H28N2OS. The fourth-order valence-electron chi connectivity index (χ4n) is 4.09. The molecule has 0 amide bonds. The molecular weight excluding hydrogens is 364 g/mol. The van der Waals surface area contributed by atoms with Crippen LogP contribution in [0.3, 0.4) is 0 Å². The van der Waals surface area contributed by atoms with E-state index in [-0.39, 0.29) is 0 Å². The summed E-state index contributed by atoms with van der Waals surface area (Å²) >= 11 is 4.65. The Bertz CT molecular complexity index is 907. The number of methoxy groups -OCH3 is 1. The van der Waals surface area contributed by atoms with Gasteiger partial charge in [0.1, 0.15) is 5.75 Å². The number of benzene rings is 3. The van der Waals surface area contributed by atoms with E-state index in [1.165, 1.54) is 21.9 Å². The minimum Gasteiger partial charge on any atom is -0.497 e. The van der Waals surface area contributed by atoms with Crippen molar-refractivity contribution in [2.45, 2.75) is 30.8 Å². The lowest BCUT2D eigenvalue weighted by Crippen LogP contribution is -2.36. The van der Waals surface area contributed by atoms with Crippen molar-refractivity contribution in [2.75, 3.05) is 20.2 Å². The summed E-state index contributed by atoms with van der Waals surface area (Å²) < 4.78 is 5.31. The van der Waals surface area contributed by atoms with Crippen LogP contribution in [0.15, 0.2) is 66.7 Å². The van der Waals surface area contributed by atoms with E-state index in [2.05, 4.69) is 77.4 Å². The van der Waals surface area contributed by atoms with E-state index in [1.54, 1.807) is 7.11 Å². The summed E-state index contributed by atoms with van der Waals surface area (Å²) in [6.07, 6.45) is 1.12. The van der Waals surface area contributed by atoms with Crippen molar-refractivity contribution >= 4 is 23.4 Å². The molecule has 146 valence electrons. The highest BCUT2D eigenvalue weighted by molar-refractivity contribution is 7.81. The van der Waals surface area contributed by atoms with Gasteiger partial charge in [0.25, 0.3) is 0 Å². The zero-order chi connectivity index (χ0) is 19.3. The summed E-state index contributed by atoms with van der Waals surface area (Å²) in [7, 11) is 1.71. The van der Waals surface area contributed by atoms with Gasteiger partial charge in [-0.1, -0.05) is 54.6 Å². The highest BCUT2D eigenvalue weighted by atomic mass is 32.1. The second-order valence-electron chi connectivity index (χ2n) is 7.65. The molecule has 1 aliphatic rings. The molecule has 0 saturated carbocycles. The Morgan fingerprint density at radius 2 is 1.79 bits per heavy atom. The van der Waals surface area contributed by atoms with Crippen LogP contribution < -0.4 is 10.1 Å².